The maximum absolute atomic E-state index is 11.9. The summed E-state index contributed by atoms with van der Waals surface area (Å²) in [5.41, 5.74) is 0. The first-order chi connectivity index (χ1) is 7.25. The van der Waals surface area contributed by atoms with Gasteiger partial charge in [-0.1, -0.05) is 0 Å². The largest absolute Gasteiger partial charge is 0.316 e. The Labute approximate surface area is 95.9 Å². The summed E-state index contributed by atoms with van der Waals surface area (Å²) in [6, 6.07) is 1.66. The van der Waals surface area contributed by atoms with Gasteiger partial charge in [0.2, 0.25) is 5.28 Å². The summed E-state index contributed by atoms with van der Waals surface area (Å²) in [7, 11) is -1.06. The number of hydrogen-bond donors (Lipinski definition) is 1. The van der Waals surface area contributed by atoms with E-state index in [2.05, 4.69) is 15.3 Å². The summed E-state index contributed by atoms with van der Waals surface area (Å²) in [6.07, 6.45) is 2.63. The van der Waals surface area contributed by atoms with Gasteiger partial charge in [0.25, 0.3) is 0 Å². The molecule has 1 aromatic rings. The molecule has 1 saturated heterocycles. The van der Waals surface area contributed by atoms with E-state index >= 15 is 0 Å². The number of halogens is 1. The van der Waals surface area contributed by atoms with Crippen molar-refractivity contribution in [2.45, 2.75) is 11.4 Å². The number of nitrogens with zero attached hydrogens (tertiary/aromatic N) is 2. The van der Waals surface area contributed by atoms with E-state index in [0.29, 0.717) is 16.7 Å². The molecule has 0 aromatic carbocycles. The van der Waals surface area contributed by atoms with Crippen LogP contribution >= 0.6 is 11.6 Å². The monoisotopic (exact) mass is 245 g/mol. The Morgan fingerprint density at radius 1 is 1.67 bits per heavy atom. The van der Waals surface area contributed by atoms with Crippen molar-refractivity contribution in [3.8, 4) is 0 Å². The first kappa shape index (κ1) is 11.0. The molecule has 0 amide bonds. The summed E-state index contributed by atoms with van der Waals surface area (Å²) in [5.74, 6) is 1.14. The Balaban J connectivity index is 2.01. The van der Waals surface area contributed by atoms with E-state index in [-0.39, 0.29) is 5.28 Å². The van der Waals surface area contributed by atoms with E-state index < -0.39 is 10.8 Å². The van der Waals surface area contributed by atoms with E-state index in [1.54, 1.807) is 6.07 Å². The maximum Gasteiger partial charge on any atom is 0.223 e. The van der Waals surface area contributed by atoms with Crippen LogP contribution < -0.4 is 5.32 Å². The minimum Gasteiger partial charge on any atom is -0.316 e. The number of hydrogen-bond acceptors (Lipinski definition) is 4. The van der Waals surface area contributed by atoms with E-state index in [4.69, 9.17) is 11.6 Å². The Morgan fingerprint density at radius 3 is 3.20 bits per heavy atom. The predicted octanol–water partition coefficient (Wildman–Crippen LogP) is 0.847. The average molecular weight is 246 g/mol. The second kappa shape index (κ2) is 5.01. The third-order valence-electron chi connectivity index (χ3n) is 2.38. The van der Waals surface area contributed by atoms with Crippen LogP contribution in [0.3, 0.4) is 0 Å². The van der Waals surface area contributed by atoms with Crippen LogP contribution in [0.25, 0.3) is 0 Å². The SMILES string of the molecule is O=[S@](C[C@@H]1CCNC1)c1ccnc(Cl)n1. The molecule has 2 heterocycles. The van der Waals surface area contributed by atoms with Crippen LogP contribution in [0.2, 0.25) is 5.28 Å². The van der Waals surface area contributed by atoms with Gasteiger partial charge in [0, 0.05) is 11.9 Å². The molecular weight excluding hydrogens is 234 g/mol. The van der Waals surface area contributed by atoms with Crippen molar-refractivity contribution < 1.29 is 4.21 Å². The molecular formula is C9H12ClN3OS. The quantitative estimate of drug-likeness (QED) is 0.634. The molecule has 1 N–H and O–H groups in total. The molecule has 0 unspecified atom stereocenters. The highest BCUT2D eigenvalue weighted by atomic mass is 35.5. The van der Waals surface area contributed by atoms with Gasteiger partial charge >= 0.3 is 0 Å². The van der Waals surface area contributed by atoms with E-state index in [1.807, 2.05) is 0 Å². The van der Waals surface area contributed by atoms with Gasteiger partial charge in [-0.25, -0.2) is 9.97 Å². The van der Waals surface area contributed by atoms with Crippen molar-refractivity contribution in [1.29, 1.82) is 0 Å². The van der Waals surface area contributed by atoms with E-state index in [1.165, 1.54) is 6.20 Å². The fourth-order valence-electron chi connectivity index (χ4n) is 1.60. The average Bonchev–Trinajstić information content (AvgIpc) is 2.70. The van der Waals surface area contributed by atoms with Crippen LogP contribution in [0.4, 0.5) is 0 Å². The molecule has 0 spiro atoms. The topological polar surface area (TPSA) is 54.9 Å². The van der Waals surface area contributed by atoms with Crippen molar-refractivity contribution in [1.82, 2.24) is 15.3 Å². The predicted molar refractivity (Wildman–Crippen MR) is 59.3 cm³/mol. The molecule has 1 aliphatic rings. The Kier molecular flexibility index (Phi) is 3.66. The molecule has 0 radical (unpaired) electrons. The smallest absolute Gasteiger partial charge is 0.223 e. The molecule has 82 valence electrons. The van der Waals surface area contributed by atoms with Crippen LogP contribution in [0, 0.1) is 5.92 Å². The molecule has 6 heteroatoms. The highest BCUT2D eigenvalue weighted by Gasteiger charge is 2.18. The molecule has 2 rings (SSSR count). The minimum absolute atomic E-state index is 0.158. The molecule has 15 heavy (non-hydrogen) atoms. The summed E-state index contributed by atoms with van der Waals surface area (Å²) in [6.45, 7) is 1.97. The second-order valence-electron chi connectivity index (χ2n) is 3.53. The molecule has 1 aliphatic heterocycles. The zero-order valence-electron chi connectivity index (χ0n) is 8.15. The van der Waals surface area contributed by atoms with Crippen LogP contribution in [0.15, 0.2) is 17.3 Å². The standard InChI is InChI=1S/C9H12ClN3OS/c10-9-12-4-2-8(13-9)15(14)6-7-1-3-11-5-7/h2,4,7,11H,1,3,5-6H2/t7-,15-/m1/s1. The Bertz CT molecular complexity index is 368. The first-order valence-electron chi connectivity index (χ1n) is 4.83. The second-order valence-corrected chi connectivity index (χ2v) is 5.32. The van der Waals surface area contributed by atoms with Crippen LogP contribution in [0.5, 0.6) is 0 Å². The Hall–Kier alpha value is -0.520. The van der Waals surface area contributed by atoms with Crippen molar-refractivity contribution >= 4 is 22.4 Å². The van der Waals surface area contributed by atoms with Crippen LogP contribution in [0.1, 0.15) is 6.42 Å². The molecule has 4 nitrogen and oxygen atoms in total. The number of rotatable bonds is 3. The lowest BCUT2D eigenvalue weighted by atomic mass is 10.2. The zero-order valence-corrected chi connectivity index (χ0v) is 9.72. The molecule has 1 fully saturated rings. The maximum atomic E-state index is 11.9. The van der Waals surface area contributed by atoms with Gasteiger partial charge in [0.15, 0.2) is 0 Å². The van der Waals surface area contributed by atoms with Gasteiger partial charge < -0.3 is 5.32 Å². The summed E-state index contributed by atoms with van der Waals surface area (Å²) in [5, 5.41) is 3.93. The third-order valence-corrected chi connectivity index (χ3v) is 4.03. The van der Waals surface area contributed by atoms with E-state index in [9.17, 15) is 4.21 Å². The normalized spacial score (nSPS) is 22.9. The highest BCUT2D eigenvalue weighted by molar-refractivity contribution is 7.84. The van der Waals surface area contributed by atoms with Gasteiger partial charge in [0.1, 0.15) is 5.03 Å². The first-order valence-corrected chi connectivity index (χ1v) is 6.53. The number of nitrogens with one attached hydrogen (secondary N) is 1. The number of aromatic nitrogens is 2. The summed E-state index contributed by atoms with van der Waals surface area (Å²) in [4.78, 5) is 7.71. The van der Waals surface area contributed by atoms with Gasteiger partial charge in [-0.15, -0.1) is 0 Å². The van der Waals surface area contributed by atoms with E-state index in [0.717, 1.165) is 19.5 Å². The van der Waals surface area contributed by atoms with Crippen molar-refractivity contribution in [2.24, 2.45) is 5.92 Å². The summed E-state index contributed by atoms with van der Waals surface area (Å²) >= 11 is 5.64. The van der Waals surface area contributed by atoms with Crippen molar-refractivity contribution in [3.63, 3.8) is 0 Å². The molecule has 2 atom stereocenters. The van der Waals surface area contributed by atoms with Crippen LogP contribution in [-0.2, 0) is 10.8 Å². The highest BCUT2D eigenvalue weighted by Crippen LogP contribution is 2.13. The van der Waals surface area contributed by atoms with Gasteiger partial charge in [-0.3, -0.25) is 4.21 Å². The summed E-state index contributed by atoms with van der Waals surface area (Å²) < 4.78 is 11.9. The Morgan fingerprint density at radius 2 is 2.53 bits per heavy atom. The third kappa shape index (κ3) is 2.96. The zero-order chi connectivity index (χ0) is 10.7. The van der Waals surface area contributed by atoms with Crippen molar-refractivity contribution in [3.05, 3.63) is 17.5 Å². The lowest BCUT2D eigenvalue weighted by Gasteiger charge is -2.06. The fraction of sp³-hybridized carbons (Fsp3) is 0.556. The lowest BCUT2D eigenvalue weighted by molar-refractivity contribution is 0.630. The molecule has 0 saturated carbocycles. The van der Waals surface area contributed by atoms with Crippen LogP contribution in [-0.4, -0.2) is 33.0 Å². The minimum atomic E-state index is -1.06. The van der Waals surface area contributed by atoms with Crippen molar-refractivity contribution in [2.75, 3.05) is 18.8 Å². The molecule has 0 aliphatic carbocycles. The lowest BCUT2D eigenvalue weighted by Crippen LogP contribution is -2.15. The molecule has 0 bridgehead atoms. The van der Waals surface area contributed by atoms with Gasteiger partial charge in [-0.05, 0) is 43.1 Å². The van der Waals surface area contributed by atoms with Gasteiger partial charge in [-0.2, -0.15) is 0 Å². The van der Waals surface area contributed by atoms with Gasteiger partial charge in [0.05, 0.1) is 10.8 Å². The molecule has 1 aromatic heterocycles. The fourth-order valence-corrected chi connectivity index (χ4v) is 3.08.